The molecular weight excluding hydrogens is 338 g/mol. The number of hydrogen-bond donors (Lipinski definition) is 2. The lowest BCUT2D eigenvalue weighted by Gasteiger charge is -2.19. The maximum Gasteiger partial charge on any atom is 0.323 e. The number of anilines is 2. The molecule has 9 nitrogen and oxygen atoms in total. The normalized spacial score (nSPS) is 14.3. The lowest BCUT2D eigenvalue weighted by atomic mass is 9.97. The Labute approximate surface area is 150 Å². The molecule has 0 spiro atoms. The van der Waals surface area contributed by atoms with E-state index in [0.717, 1.165) is 19.3 Å². The van der Waals surface area contributed by atoms with E-state index in [0.29, 0.717) is 23.4 Å². The molecule has 1 aliphatic carbocycles. The predicted molar refractivity (Wildman–Crippen MR) is 98.5 cm³/mol. The zero-order chi connectivity index (χ0) is 18.5. The molecule has 0 saturated heterocycles. The summed E-state index contributed by atoms with van der Waals surface area (Å²) in [6.07, 6.45) is 7.98. The molecule has 3 rings (SSSR count). The molecule has 1 aromatic heterocycles. The Morgan fingerprint density at radius 3 is 2.88 bits per heavy atom. The number of aromatic nitrogens is 2. The maximum atomic E-state index is 11.6. The van der Waals surface area contributed by atoms with Crippen molar-refractivity contribution >= 4 is 28.1 Å². The van der Waals surface area contributed by atoms with Crippen LogP contribution in [0, 0.1) is 10.1 Å². The number of aliphatic hydroxyl groups excluding tert-OH is 1. The van der Waals surface area contributed by atoms with Gasteiger partial charge >= 0.3 is 5.69 Å². The molecule has 2 aromatic rings. The standard InChI is InChI=1S/C17H23N5O4/c1-21(9-10-23)14-11-13(18-8-7-12-5-3-2-4-6-12)15-16(20-26-19-15)17(14)22(24)25/h5,11,18,23H,2-4,6-10H2,1H3. The molecule has 0 aliphatic heterocycles. The topological polar surface area (TPSA) is 118 Å². The van der Waals surface area contributed by atoms with E-state index in [1.165, 1.54) is 18.4 Å². The van der Waals surface area contributed by atoms with E-state index >= 15 is 0 Å². The maximum absolute atomic E-state index is 11.6. The number of fused-ring (bicyclic) bond motifs is 1. The molecule has 0 unspecified atom stereocenters. The third-order valence-electron chi connectivity index (χ3n) is 4.67. The zero-order valence-electron chi connectivity index (χ0n) is 14.8. The molecule has 26 heavy (non-hydrogen) atoms. The Balaban J connectivity index is 1.89. The van der Waals surface area contributed by atoms with E-state index in [4.69, 9.17) is 4.63 Å². The van der Waals surface area contributed by atoms with Crippen LogP contribution in [0.5, 0.6) is 0 Å². The number of likely N-dealkylation sites (N-methyl/N-ethyl adjacent to an activating group) is 1. The minimum absolute atomic E-state index is 0.108. The lowest BCUT2D eigenvalue weighted by molar-refractivity contribution is -0.382. The van der Waals surface area contributed by atoms with E-state index in [9.17, 15) is 15.2 Å². The average molecular weight is 361 g/mol. The summed E-state index contributed by atoms with van der Waals surface area (Å²) in [6, 6.07) is 1.68. The van der Waals surface area contributed by atoms with Crippen LogP contribution in [0.25, 0.3) is 11.0 Å². The van der Waals surface area contributed by atoms with E-state index in [1.807, 2.05) is 0 Å². The molecule has 0 radical (unpaired) electrons. The second kappa shape index (κ2) is 8.13. The van der Waals surface area contributed by atoms with Crippen molar-refractivity contribution < 1.29 is 14.7 Å². The molecule has 1 aromatic carbocycles. The summed E-state index contributed by atoms with van der Waals surface area (Å²) in [6.45, 7) is 0.860. The van der Waals surface area contributed by atoms with Crippen LogP contribution in [0.3, 0.4) is 0 Å². The van der Waals surface area contributed by atoms with Gasteiger partial charge in [0.15, 0.2) is 5.52 Å². The molecule has 0 bridgehead atoms. The number of nitro benzene ring substituents is 1. The Morgan fingerprint density at radius 1 is 1.38 bits per heavy atom. The smallest absolute Gasteiger partial charge is 0.323 e. The molecule has 9 heteroatoms. The number of nitrogens with one attached hydrogen (secondary N) is 1. The van der Waals surface area contributed by atoms with Crippen molar-refractivity contribution in [2.45, 2.75) is 32.1 Å². The van der Waals surface area contributed by atoms with E-state index in [2.05, 4.69) is 21.7 Å². The van der Waals surface area contributed by atoms with Gasteiger partial charge in [-0.05, 0) is 48.5 Å². The van der Waals surface area contributed by atoms with Gasteiger partial charge in [-0.3, -0.25) is 10.1 Å². The molecule has 0 saturated carbocycles. The quantitative estimate of drug-likeness (QED) is 0.419. The summed E-state index contributed by atoms with van der Waals surface area (Å²) in [5, 5.41) is 31.6. The number of nitro groups is 1. The van der Waals surface area contributed by atoms with Gasteiger partial charge in [-0.2, -0.15) is 0 Å². The highest BCUT2D eigenvalue weighted by Crippen LogP contribution is 2.38. The van der Waals surface area contributed by atoms with Crippen molar-refractivity contribution in [2.75, 3.05) is 37.0 Å². The fraction of sp³-hybridized carbons (Fsp3) is 0.529. The number of benzene rings is 1. The van der Waals surface area contributed by atoms with Crippen molar-refractivity contribution in [3.8, 4) is 0 Å². The van der Waals surface area contributed by atoms with Crippen molar-refractivity contribution in [1.82, 2.24) is 10.3 Å². The van der Waals surface area contributed by atoms with Gasteiger partial charge in [0.1, 0.15) is 5.69 Å². The van der Waals surface area contributed by atoms with Crippen LogP contribution in [0.4, 0.5) is 17.1 Å². The largest absolute Gasteiger partial charge is 0.395 e. The fourth-order valence-electron chi connectivity index (χ4n) is 3.28. The van der Waals surface area contributed by atoms with Gasteiger partial charge < -0.3 is 15.3 Å². The minimum Gasteiger partial charge on any atom is -0.395 e. The number of allylic oxidation sites excluding steroid dienone is 1. The van der Waals surface area contributed by atoms with Gasteiger partial charge in [0.05, 0.1) is 17.2 Å². The van der Waals surface area contributed by atoms with Crippen molar-refractivity contribution in [3.05, 3.63) is 27.8 Å². The second-order valence-electron chi connectivity index (χ2n) is 6.44. The molecule has 1 heterocycles. The summed E-state index contributed by atoms with van der Waals surface area (Å²) in [7, 11) is 1.69. The van der Waals surface area contributed by atoms with Gasteiger partial charge in [-0.1, -0.05) is 11.6 Å². The summed E-state index contributed by atoms with van der Waals surface area (Å²) < 4.78 is 4.76. The Kier molecular flexibility index (Phi) is 5.67. The fourth-order valence-corrected chi connectivity index (χ4v) is 3.28. The van der Waals surface area contributed by atoms with E-state index in [1.54, 1.807) is 18.0 Å². The first kappa shape index (κ1) is 18.1. The van der Waals surface area contributed by atoms with Crippen LogP contribution >= 0.6 is 0 Å². The summed E-state index contributed by atoms with van der Waals surface area (Å²) in [4.78, 5) is 12.7. The van der Waals surface area contributed by atoms with Crippen LogP contribution in [0.15, 0.2) is 22.3 Å². The first-order chi connectivity index (χ1) is 12.6. The van der Waals surface area contributed by atoms with Crippen molar-refractivity contribution in [1.29, 1.82) is 0 Å². The molecule has 140 valence electrons. The highest BCUT2D eigenvalue weighted by Gasteiger charge is 2.27. The third kappa shape index (κ3) is 3.77. The molecule has 0 fully saturated rings. The third-order valence-corrected chi connectivity index (χ3v) is 4.67. The van der Waals surface area contributed by atoms with Crippen LogP contribution in [-0.2, 0) is 0 Å². The van der Waals surface area contributed by atoms with Crippen LogP contribution in [-0.4, -0.2) is 47.1 Å². The zero-order valence-corrected chi connectivity index (χ0v) is 14.8. The number of hydrogen-bond acceptors (Lipinski definition) is 8. The average Bonchev–Trinajstić information content (AvgIpc) is 3.11. The monoisotopic (exact) mass is 361 g/mol. The second-order valence-corrected chi connectivity index (χ2v) is 6.44. The Hall–Kier alpha value is -2.68. The number of aliphatic hydroxyl groups is 1. The summed E-state index contributed by atoms with van der Waals surface area (Å²) in [5.74, 6) is 0. The number of nitrogens with zero attached hydrogens (tertiary/aromatic N) is 4. The number of rotatable bonds is 8. The van der Waals surface area contributed by atoms with Gasteiger partial charge in [-0.25, -0.2) is 4.63 Å². The summed E-state index contributed by atoms with van der Waals surface area (Å²) in [5.41, 5.74) is 2.73. The van der Waals surface area contributed by atoms with Gasteiger partial charge in [0, 0.05) is 20.1 Å². The van der Waals surface area contributed by atoms with E-state index in [-0.39, 0.29) is 24.4 Å². The van der Waals surface area contributed by atoms with Gasteiger partial charge in [0.2, 0.25) is 5.52 Å². The first-order valence-electron chi connectivity index (χ1n) is 8.79. The van der Waals surface area contributed by atoms with Gasteiger partial charge in [0.25, 0.3) is 0 Å². The van der Waals surface area contributed by atoms with Crippen LogP contribution < -0.4 is 10.2 Å². The van der Waals surface area contributed by atoms with Crippen molar-refractivity contribution in [2.24, 2.45) is 0 Å². The highest BCUT2D eigenvalue weighted by atomic mass is 16.6. The Morgan fingerprint density at radius 2 is 2.19 bits per heavy atom. The predicted octanol–water partition coefficient (Wildman–Crippen LogP) is 2.86. The lowest BCUT2D eigenvalue weighted by Crippen LogP contribution is -2.22. The first-order valence-corrected chi connectivity index (χ1v) is 8.79. The van der Waals surface area contributed by atoms with E-state index < -0.39 is 4.92 Å². The summed E-state index contributed by atoms with van der Waals surface area (Å²) >= 11 is 0. The Bertz CT molecular complexity index is 817. The molecule has 0 atom stereocenters. The SMILES string of the molecule is CN(CCO)c1cc(NCCC2=CCCCC2)c2nonc2c1[N+](=O)[O-]. The molecular formula is C17H23N5O4. The highest BCUT2D eigenvalue weighted by molar-refractivity contribution is 5.99. The van der Waals surface area contributed by atoms with Crippen molar-refractivity contribution in [3.63, 3.8) is 0 Å². The van der Waals surface area contributed by atoms with Crippen LogP contribution in [0.2, 0.25) is 0 Å². The van der Waals surface area contributed by atoms with Crippen LogP contribution in [0.1, 0.15) is 32.1 Å². The molecule has 2 N–H and O–H groups in total. The molecule has 1 aliphatic rings. The minimum atomic E-state index is -0.494. The molecule has 0 amide bonds. The van der Waals surface area contributed by atoms with Gasteiger partial charge in [-0.15, -0.1) is 0 Å².